The first-order valence-electron chi connectivity index (χ1n) is 10.8. The molecule has 3 rings (SSSR count). The van der Waals surface area contributed by atoms with Crippen molar-refractivity contribution in [3.8, 4) is 0 Å². The van der Waals surface area contributed by atoms with Gasteiger partial charge in [-0.05, 0) is 52.9 Å². The van der Waals surface area contributed by atoms with Crippen molar-refractivity contribution < 1.29 is 4.79 Å². The van der Waals surface area contributed by atoms with Gasteiger partial charge in [0.2, 0.25) is 5.95 Å². The molecule has 7 heteroatoms. The van der Waals surface area contributed by atoms with Crippen molar-refractivity contribution in [3.63, 3.8) is 0 Å². The number of amides is 1. The molecule has 1 atom stereocenters. The minimum Gasteiger partial charge on any atom is -0.345 e. The van der Waals surface area contributed by atoms with Gasteiger partial charge in [-0.25, -0.2) is 9.97 Å². The topological polar surface area (TPSA) is 75.9 Å². The fraction of sp³-hybridized carbons (Fsp3) is 0.636. The Labute approximate surface area is 173 Å². The van der Waals surface area contributed by atoms with Crippen molar-refractivity contribution in [2.75, 3.05) is 18.0 Å². The zero-order valence-electron chi connectivity index (χ0n) is 18.6. The number of rotatable bonds is 6. The van der Waals surface area contributed by atoms with Crippen molar-refractivity contribution in [2.24, 2.45) is 5.92 Å². The van der Waals surface area contributed by atoms with Crippen LogP contribution in [0.15, 0.2) is 6.20 Å². The van der Waals surface area contributed by atoms with Gasteiger partial charge in [-0.1, -0.05) is 13.8 Å². The summed E-state index contributed by atoms with van der Waals surface area (Å²) in [6.07, 6.45) is 4.79. The molecule has 0 aliphatic carbocycles. The molecule has 158 valence electrons. The summed E-state index contributed by atoms with van der Waals surface area (Å²) in [7, 11) is 0. The van der Waals surface area contributed by atoms with E-state index in [9.17, 15) is 4.79 Å². The van der Waals surface area contributed by atoms with Crippen molar-refractivity contribution in [2.45, 2.75) is 73.4 Å². The first kappa shape index (κ1) is 21.3. The molecule has 1 amide bonds. The molecule has 1 fully saturated rings. The minimum absolute atomic E-state index is 0.0783. The molecule has 1 aliphatic rings. The largest absolute Gasteiger partial charge is 0.345 e. The summed E-state index contributed by atoms with van der Waals surface area (Å²) < 4.78 is 1.99. The average molecular weight is 399 g/mol. The van der Waals surface area contributed by atoms with Crippen LogP contribution in [-0.2, 0) is 6.54 Å². The first-order chi connectivity index (χ1) is 13.8. The molecule has 0 aromatic carbocycles. The number of hydrogen-bond acceptors (Lipinski definition) is 5. The highest BCUT2D eigenvalue weighted by atomic mass is 16.1. The third kappa shape index (κ3) is 4.43. The number of nitrogens with one attached hydrogen (secondary N) is 1. The van der Waals surface area contributed by atoms with Gasteiger partial charge in [0.05, 0.1) is 23.0 Å². The normalized spacial score (nSPS) is 16.1. The summed E-state index contributed by atoms with van der Waals surface area (Å²) in [6, 6.07) is -0.0783. The molecule has 0 bridgehead atoms. The van der Waals surface area contributed by atoms with Gasteiger partial charge in [-0.15, -0.1) is 0 Å². The summed E-state index contributed by atoms with van der Waals surface area (Å²) in [5, 5.41) is 7.78. The van der Waals surface area contributed by atoms with E-state index in [4.69, 9.17) is 0 Å². The van der Waals surface area contributed by atoms with Crippen molar-refractivity contribution in [1.82, 2.24) is 25.1 Å². The molecule has 2 aromatic rings. The molecule has 1 saturated heterocycles. The Morgan fingerprint density at radius 2 is 1.90 bits per heavy atom. The van der Waals surface area contributed by atoms with E-state index in [-0.39, 0.29) is 11.9 Å². The number of nitrogens with zero attached hydrogens (tertiary/aromatic N) is 5. The molecular formula is C22H34N6O. The van der Waals surface area contributed by atoms with Crippen molar-refractivity contribution in [3.05, 3.63) is 34.4 Å². The Balaban J connectivity index is 1.77. The Morgan fingerprint density at radius 3 is 2.45 bits per heavy atom. The van der Waals surface area contributed by atoms with Gasteiger partial charge in [0.25, 0.3) is 5.91 Å². The highest BCUT2D eigenvalue weighted by Crippen LogP contribution is 2.25. The molecule has 1 N–H and O–H groups in total. The third-order valence-electron chi connectivity index (χ3n) is 6.08. The number of aromatic nitrogens is 4. The second-order valence-corrected chi connectivity index (χ2v) is 8.17. The van der Waals surface area contributed by atoms with E-state index in [1.807, 2.05) is 18.5 Å². The van der Waals surface area contributed by atoms with Gasteiger partial charge in [0.15, 0.2) is 0 Å². The molecule has 2 aromatic heterocycles. The number of anilines is 1. The highest BCUT2D eigenvalue weighted by Gasteiger charge is 2.24. The van der Waals surface area contributed by atoms with E-state index in [0.29, 0.717) is 5.56 Å². The van der Waals surface area contributed by atoms with Crippen LogP contribution in [0.25, 0.3) is 0 Å². The number of hydrogen-bond donors (Lipinski definition) is 1. The van der Waals surface area contributed by atoms with Crippen LogP contribution in [0.2, 0.25) is 0 Å². The Morgan fingerprint density at radius 1 is 1.21 bits per heavy atom. The monoisotopic (exact) mass is 398 g/mol. The second kappa shape index (κ2) is 8.93. The highest BCUT2D eigenvalue weighted by molar-refractivity contribution is 5.95. The van der Waals surface area contributed by atoms with Gasteiger partial charge in [0.1, 0.15) is 0 Å². The molecule has 0 saturated carbocycles. The maximum Gasteiger partial charge on any atom is 0.255 e. The van der Waals surface area contributed by atoms with Crippen LogP contribution in [0.4, 0.5) is 5.95 Å². The van der Waals surface area contributed by atoms with Crippen LogP contribution >= 0.6 is 0 Å². The predicted octanol–water partition coefficient (Wildman–Crippen LogP) is 3.74. The SMILES string of the molecule is CC[C@H](NC(=O)c1cnc(N2CCC(C)CC2)nc1C)c1c(C)nn(CC)c1C. The van der Waals surface area contributed by atoms with Crippen LogP contribution in [0.5, 0.6) is 0 Å². The average Bonchev–Trinajstić information content (AvgIpc) is 2.99. The summed E-state index contributed by atoms with van der Waals surface area (Å²) in [6.45, 7) is 15.2. The van der Waals surface area contributed by atoms with Gasteiger partial charge in [-0.3, -0.25) is 9.48 Å². The number of aryl methyl sites for hydroxylation is 3. The fourth-order valence-electron chi connectivity index (χ4n) is 4.18. The zero-order valence-corrected chi connectivity index (χ0v) is 18.6. The van der Waals surface area contributed by atoms with Crippen molar-refractivity contribution >= 4 is 11.9 Å². The second-order valence-electron chi connectivity index (χ2n) is 8.17. The molecule has 3 heterocycles. The van der Waals surface area contributed by atoms with Gasteiger partial charge in [-0.2, -0.15) is 5.10 Å². The maximum absolute atomic E-state index is 13.0. The lowest BCUT2D eigenvalue weighted by Gasteiger charge is -2.30. The summed E-state index contributed by atoms with van der Waals surface area (Å²) in [5.41, 5.74) is 4.45. The van der Waals surface area contributed by atoms with Gasteiger partial charge < -0.3 is 10.2 Å². The fourth-order valence-corrected chi connectivity index (χ4v) is 4.18. The summed E-state index contributed by atoms with van der Waals surface area (Å²) >= 11 is 0. The molecule has 7 nitrogen and oxygen atoms in total. The lowest BCUT2D eigenvalue weighted by molar-refractivity contribution is 0.0934. The number of piperidine rings is 1. The van der Waals surface area contributed by atoms with Crippen LogP contribution in [0, 0.1) is 26.7 Å². The van der Waals surface area contributed by atoms with Crippen LogP contribution < -0.4 is 10.2 Å². The molecular weight excluding hydrogens is 364 g/mol. The van der Waals surface area contributed by atoms with Crippen LogP contribution in [0.3, 0.4) is 0 Å². The van der Waals surface area contributed by atoms with E-state index in [1.54, 1.807) is 6.20 Å². The van der Waals surface area contributed by atoms with E-state index in [0.717, 1.165) is 73.4 Å². The molecule has 0 radical (unpaired) electrons. The van der Waals surface area contributed by atoms with Crippen LogP contribution in [0.1, 0.15) is 79.1 Å². The Kier molecular flexibility index (Phi) is 6.55. The summed E-state index contributed by atoms with van der Waals surface area (Å²) in [4.78, 5) is 24.4. The van der Waals surface area contributed by atoms with E-state index in [1.165, 1.54) is 0 Å². The lowest BCUT2D eigenvalue weighted by Crippen LogP contribution is -2.35. The van der Waals surface area contributed by atoms with Gasteiger partial charge >= 0.3 is 0 Å². The predicted molar refractivity (Wildman–Crippen MR) is 115 cm³/mol. The third-order valence-corrected chi connectivity index (χ3v) is 6.08. The van der Waals surface area contributed by atoms with E-state index in [2.05, 4.69) is 53.0 Å². The van der Waals surface area contributed by atoms with Gasteiger partial charge in [0, 0.05) is 37.1 Å². The van der Waals surface area contributed by atoms with Crippen molar-refractivity contribution in [1.29, 1.82) is 0 Å². The first-order valence-corrected chi connectivity index (χ1v) is 10.8. The maximum atomic E-state index is 13.0. The molecule has 1 aliphatic heterocycles. The van der Waals surface area contributed by atoms with E-state index >= 15 is 0 Å². The standard InChI is InChI=1S/C22H34N6O/c1-7-19(20-16(5)26-28(8-2)17(20)6)25-21(29)18-13-23-22(24-15(18)4)27-11-9-14(3)10-12-27/h13-14,19H,7-12H2,1-6H3,(H,25,29)/t19-/m0/s1. The molecule has 0 unspecified atom stereocenters. The van der Waals surface area contributed by atoms with Crippen LogP contribution in [-0.4, -0.2) is 38.7 Å². The Bertz CT molecular complexity index is 866. The number of carbonyl (C=O) groups is 1. The number of carbonyl (C=O) groups excluding carboxylic acids is 1. The summed E-state index contributed by atoms with van der Waals surface area (Å²) in [5.74, 6) is 1.36. The lowest BCUT2D eigenvalue weighted by atomic mass is 10.00. The quantitative estimate of drug-likeness (QED) is 0.802. The minimum atomic E-state index is -0.129. The smallest absolute Gasteiger partial charge is 0.255 e. The molecule has 29 heavy (non-hydrogen) atoms. The van der Waals surface area contributed by atoms with E-state index < -0.39 is 0 Å². The Hall–Kier alpha value is -2.44. The zero-order chi connectivity index (χ0) is 21.1. The molecule has 0 spiro atoms.